The van der Waals surface area contributed by atoms with Crippen molar-refractivity contribution in [3.05, 3.63) is 54.2 Å². The zero-order chi connectivity index (χ0) is 21.5. The second kappa shape index (κ2) is 8.02. The molecular formula is C24H26FN7. The Hall–Kier alpha value is -3.26. The van der Waals surface area contributed by atoms with Crippen LogP contribution in [0.25, 0.3) is 16.6 Å². The number of nitrogens with zero attached hydrogens (tertiary/aromatic N) is 5. The third-order valence-electron chi connectivity index (χ3n) is 6.69. The predicted molar refractivity (Wildman–Crippen MR) is 124 cm³/mol. The minimum absolute atomic E-state index is 0.290. The monoisotopic (exact) mass is 431 g/mol. The number of anilines is 3. The first-order valence-corrected chi connectivity index (χ1v) is 11.4. The van der Waals surface area contributed by atoms with E-state index in [4.69, 9.17) is 4.98 Å². The zero-order valence-electron chi connectivity index (χ0n) is 17.9. The summed E-state index contributed by atoms with van der Waals surface area (Å²) in [6.07, 6.45) is 8.42. The van der Waals surface area contributed by atoms with Gasteiger partial charge in [0.1, 0.15) is 11.5 Å². The van der Waals surface area contributed by atoms with Crippen molar-refractivity contribution in [2.45, 2.75) is 31.6 Å². The SMILES string of the molecule is Fc1cc(Nc2ncc3ccc4ccc(C5CCCC5)n4c3n2)ncc1N1CCNCC1. The first kappa shape index (κ1) is 19.4. The van der Waals surface area contributed by atoms with E-state index in [2.05, 4.69) is 43.2 Å². The fourth-order valence-electron chi connectivity index (χ4n) is 5.04. The molecule has 164 valence electrons. The van der Waals surface area contributed by atoms with E-state index in [0.717, 1.165) is 42.7 Å². The number of aromatic nitrogens is 4. The average Bonchev–Trinajstić information content (AvgIpc) is 3.50. The molecule has 0 radical (unpaired) electrons. The highest BCUT2D eigenvalue weighted by Crippen LogP contribution is 2.36. The largest absolute Gasteiger partial charge is 0.365 e. The van der Waals surface area contributed by atoms with E-state index < -0.39 is 0 Å². The summed E-state index contributed by atoms with van der Waals surface area (Å²) >= 11 is 0. The van der Waals surface area contributed by atoms with Crippen molar-refractivity contribution in [2.75, 3.05) is 36.4 Å². The summed E-state index contributed by atoms with van der Waals surface area (Å²) in [5, 5.41) is 7.35. The Morgan fingerprint density at radius 2 is 1.81 bits per heavy atom. The minimum Gasteiger partial charge on any atom is -0.365 e. The van der Waals surface area contributed by atoms with Crippen LogP contribution in [0, 0.1) is 5.82 Å². The lowest BCUT2D eigenvalue weighted by Crippen LogP contribution is -2.43. The highest BCUT2D eigenvalue weighted by atomic mass is 19.1. The molecule has 4 aromatic rings. The Bertz CT molecular complexity index is 1270. The molecule has 32 heavy (non-hydrogen) atoms. The zero-order valence-corrected chi connectivity index (χ0v) is 17.9. The van der Waals surface area contributed by atoms with E-state index in [0.29, 0.717) is 23.4 Å². The van der Waals surface area contributed by atoms with E-state index in [1.165, 1.54) is 37.4 Å². The van der Waals surface area contributed by atoms with Crippen LogP contribution in [0.3, 0.4) is 0 Å². The lowest BCUT2D eigenvalue weighted by Gasteiger charge is -2.29. The van der Waals surface area contributed by atoms with Gasteiger partial charge in [-0.1, -0.05) is 12.8 Å². The normalized spacial score (nSPS) is 17.5. The second-order valence-corrected chi connectivity index (χ2v) is 8.69. The van der Waals surface area contributed by atoms with Crippen molar-refractivity contribution >= 4 is 34.0 Å². The lowest BCUT2D eigenvalue weighted by molar-refractivity contribution is 0.565. The number of halogens is 1. The Kier molecular flexibility index (Phi) is 4.87. The Morgan fingerprint density at radius 1 is 1.00 bits per heavy atom. The highest BCUT2D eigenvalue weighted by Gasteiger charge is 2.21. The summed E-state index contributed by atoms with van der Waals surface area (Å²) in [5.74, 6) is 1.10. The van der Waals surface area contributed by atoms with Crippen molar-refractivity contribution in [2.24, 2.45) is 0 Å². The molecule has 4 aromatic heterocycles. The first-order chi connectivity index (χ1) is 15.8. The topological polar surface area (TPSA) is 70.4 Å². The van der Waals surface area contributed by atoms with Crippen molar-refractivity contribution in [1.29, 1.82) is 0 Å². The molecule has 0 amide bonds. The number of fused-ring (bicyclic) bond motifs is 3. The van der Waals surface area contributed by atoms with Crippen LogP contribution < -0.4 is 15.5 Å². The number of rotatable bonds is 4. The third-order valence-corrected chi connectivity index (χ3v) is 6.69. The Labute approximate surface area is 185 Å². The van der Waals surface area contributed by atoms with Gasteiger partial charge < -0.3 is 15.5 Å². The van der Waals surface area contributed by atoms with Crippen LogP contribution in [0.15, 0.2) is 42.7 Å². The summed E-state index contributed by atoms with van der Waals surface area (Å²) in [6, 6.07) is 9.97. The van der Waals surface area contributed by atoms with Crippen LogP contribution in [0.5, 0.6) is 0 Å². The van der Waals surface area contributed by atoms with Crippen LogP contribution in [0.4, 0.5) is 21.8 Å². The van der Waals surface area contributed by atoms with Crippen molar-refractivity contribution in [1.82, 2.24) is 24.7 Å². The molecular weight excluding hydrogens is 405 g/mol. The summed E-state index contributed by atoms with van der Waals surface area (Å²) in [5.41, 5.74) is 3.85. The van der Waals surface area contributed by atoms with Crippen molar-refractivity contribution in [3.8, 4) is 0 Å². The summed E-state index contributed by atoms with van der Waals surface area (Å²) in [7, 11) is 0. The molecule has 1 aliphatic carbocycles. The molecule has 1 aliphatic heterocycles. The maximum Gasteiger partial charge on any atom is 0.230 e. The highest BCUT2D eigenvalue weighted by molar-refractivity contribution is 5.80. The van der Waals surface area contributed by atoms with E-state index in [1.807, 2.05) is 17.2 Å². The minimum atomic E-state index is -0.290. The molecule has 1 saturated carbocycles. The van der Waals surface area contributed by atoms with Crippen molar-refractivity contribution < 1.29 is 4.39 Å². The number of nitrogens with one attached hydrogen (secondary N) is 2. The Balaban J connectivity index is 1.34. The summed E-state index contributed by atoms with van der Waals surface area (Å²) in [6.45, 7) is 3.24. The molecule has 0 spiro atoms. The van der Waals surface area contributed by atoms with E-state index >= 15 is 0 Å². The van der Waals surface area contributed by atoms with Gasteiger partial charge in [0, 0.05) is 55.0 Å². The molecule has 2 aliphatic rings. The van der Waals surface area contributed by atoms with Gasteiger partial charge in [-0.05, 0) is 43.0 Å². The molecule has 0 aromatic carbocycles. The standard InChI is InChI=1S/C24H26FN7/c25-19-13-22(27-15-21(19)31-11-9-26-10-12-31)29-24-28-14-17-5-6-18-7-8-20(16-3-1-2-4-16)32(18)23(17)30-24/h5-8,13-16,26H,1-4,9-12H2,(H,27,28,29,30). The van der Waals surface area contributed by atoms with Crippen LogP contribution >= 0.6 is 0 Å². The molecule has 2 fully saturated rings. The second-order valence-electron chi connectivity index (χ2n) is 8.69. The van der Waals surface area contributed by atoms with Crippen LogP contribution in [-0.4, -0.2) is 45.5 Å². The van der Waals surface area contributed by atoms with Crippen molar-refractivity contribution in [3.63, 3.8) is 0 Å². The van der Waals surface area contributed by atoms with Gasteiger partial charge in [0.2, 0.25) is 5.95 Å². The van der Waals surface area contributed by atoms with E-state index in [9.17, 15) is 4.39 Å². The van der Waals surface area contributed by atoms with Gasteiger partial charge >= 0.3 is 0 Å². The maximum atomic E-state index is 14.8. The number of hydrogen-bond acceptors (Lipinski definition) is 6. The molecule has 0 unspecified atom stereocenters. The molecule has 0 bridgehead atoms. The fraction of sp³-hybridized carbons (Fsp3) is 0.375. The molecule has 1 saturated heterocycles. The summed E-state index contributed by atoms with van der Waals surface area (Å²) < 4.78 is 17.0. The molecule has 5 heterocycles. The van der Waals surface area contributed by atoms with E-state index in [-0.39, 0.29) is 5.82 Å². The molecule has 0 atom stereocenters. The molecule has 7 nitrogen and oxygen atoms in total. The average molecular weight is 432 g/mol. The number of piperazine rings is 1. The van der Waals surface area contributed by atoms with Gasteiger partial charge in [-0.3, -0.25) is 4.40 Å². The molecule has 8 heteroatoms. The quantitative estimate of drug-likeness (QED) is 0.504. The fourth-order valence-corrected chi connectivity index (χ4v) is 5.04. The van der Waals surface area contributed by atoms with Gasteiger partial charge in [0.25, 0.3) is 0 Å². The van der Waals surface area contributed by atoms with E-state index in [1.54, 1.807) is 6.20 Å². The Morgan fingerprint density at radius 3 is 2.62 bits per heavy atom. The number of hydrogen-bond donors (Lipinski definition) is 2. The smallest absolute Gasteiger partial charge is 0.230 e. The van der Waals surface area contributed by atoms with Gasteiger partial charge in [0.05, 0.1) is 11.9 Å². The first-order valence-electron chi connectivity index (χ1n) is 11.4. The molecule has 6 rings (SSSR count). The van der Waals surface area contributed by atoms with Gasteiger partial charge in [-0.25, -0.2) is 14.4 Å². The van der Waals surface area contributed by atoms with Crippen LogP contribution in [0.1, 0.15) is 37.3 Å². The third kappa shape index (κ3) is 3.44. The summed E-state index contributed by atoms with van der Waals surface area (Å²) in [4.78, 5) is 15.7. The maximum absolute atomic E-state index is 14.8. The van der Waals surface area contributed by atoms with Gasteiger partial charge in [-0.15, -0.1) is 0 Å². The van der Waals surface area contributed by atoms with Crippen LogP contribution in [-0.2, 0) is 0 Å². The molecule has 2 N–H and O–H groups in total. The lowest BCUT2D eigenvalue weighted by atomic mass is 10.0. The predicted octanol–water partition coefficient (Wildman–Crippen LogP) is 4.23. The van der Waals surface area contributed by atoms with Gasteiger partial charge in [0.15, 0.2) is 5.82 Å². The number of pyridine rings is 2. The van der Waals surface area contributed by atoms with Crippen LogP contribution in [0.2, 0.25) is 0 Å². The van der Waals surface area contributed by atoms with Gasteiger partial charge in [-0.2, -0.15) is 4.98 Å².